The van der Waals surface area contributed by atoms with Gasteiger partial charge in [-0.3, -0.25) is 4.90 Å². The number of aldehydes is 1. The van der Waals surface area contributed by atoms with Gasteiger partial charge in [-0.15, -0.1) is 0 Å². The number of amides is 1. The van der Waals surface area contributed by atoms with Crippen molar-refractivity contribution >= 4 is 18.1 Å². The zero-order valence-electron chi connectivity index (χ0n) is 19.1. The molecule has 0 bridgehead atoms. The van der Waals surface area contributed by atoms with Crippen LogP contribution in [0.1, 0.15) is 6.92 Å². The molecule has 1 saturated carbocycles. The maximum atomic E-state index is 14.4. The van der Waals surface area contributed by atoms with Crippen molar-refractivity contribution in [2.45, 2.75) is 13.0 Å². The Kier molecular flexibility index (Phi) is 8.68. The van der Waals surface area contributed by atoms with Gasteiger partial charge in [0.25, 0.3) is 0 Å². The van der Waals surface area contributed by atoms with Gasteiger partial charge < -0.3 is 20.2 Å². The van der Waals surface area contributed by atoms with Crippen LogP contribution in [0.15, 0.2) is 42.5 Å². The van der Waals surface area contributed by atoms with Crippen LogP contribution in [-0.2, 0) is 9.53 Å². The summed E-state index contributed by atoms with van der Waals surface area (Å²) in [6.45, 7) is 4.51. The van der Waals surface area contributed by atoms with Crippen molar-refractivity contribution in [2.24, 2.45) is 17.8 Å². The highest BCUT2D eigenvalue weighted by Gasteiger charge is 2.53. The number of rotatable bonds is 4. The van der Waals surface area contributed by atoms with Crippen molar-refractivity contribution in [1.29, 1.82) is 5.26 Å². The van der Waals surface area contributed by atoms with Crippen molar-refractivity contribution in [3.63, 3.8) is 0 Å². The summed E-state index contributed by atoms with van der Waals surface area (Å²) in [6.07, 6.45) is -0.0124. The van der Waals surface area contributed by atoms with Crippen LogP contribution < -0.4 is 15.5 Å². The zero-order valence-corrected chi connectivity index (χ0v) is 19.1. The maximum absolute atomic E-state index is 14.4. The first-order chi connectivity index (χ1) is 16.4. The molecular formula is C25H28F2N4O3. The van der Waals surface area contributed by atoms with Crippen LogP contribution in [0.5, 0.6) is 0 Å². The van der Waals surface area contributed by atoms with Crippen LogP contribution >= 0.6 is 0 Å². The van der Waals surface area contributed by atoms with Crippen LogP contribution in [0.2, 0.25) is 0 Å². The number of nitrogens with zero attached hydrogens (tertiary/aromatic N) is 2. The second-order valence-corrected chi connectivity index (χ2v) is 8.23. The molecule has 0 aromatic heterocycles. The normalized spacial score (nSPS) is 24.0. The quantitative estimate of drug-likeness (QED) is 0.666. The third-order valence-corrected chi connectivity index (χ3v) is 5.95. The minimum absolute atomic E-state index is 0.265. The second-order valence-electron chi connectivity index (χ2n) is 8.23. The summed E-state index contributed by atoms with van der Waals surface area (Å²) >= 11 is 0. The monoisotopic (exact) mass is 470 g/mol. The number of halogens is 2. The molecule has 180 valence electrons. The molecule has 3 aliphatic rings. The fourth-order valence-electron chi connectivity index (χ4n) is 4.24. The predicted octanol–water partition coefficient (Wildman–Crippen LogP) is 3.36. The van der Waals surface area contributed by atoms with Crippen molar-refractivity contribution in [3.8, 4) is 17.2 Å². The van der Waals surface area contributed by atoms with Gasteiger partial charge in [0, 0.05) is 12.1 Å². The third kappa shape index (κ3) is 5.95. The van der Waals surface area contributed by atoms with E-state index in [9.17, 15) is 13.6 Å². The highest BCUT2D eigenvalue weighted by Crippen LogP contribution is 2.47. The summed E-state index contributed by atoms with van der Waals surface area (Å²) in [5.74, 6) is 0.915. The fourth-order valence-corrected chi connectivity index (χ4v) is 4.24. The number of hydrogen-bond donors (Lipinski definition) is 2. The van der Waals surface area contributed by atoms with E-state index in [4.69, 9.17) is 14.8 Å². The summed E-state index contributed by atoms with van der Waals surface area (Å²) in [7, 11) is 1.77. The number of hydrogen-bond acceptors (Lipinski definition) is 6. The van der Waals surface area contributed by atoms with Gasteiger partial charge in [-0.05, 0) is 74.8 Å². The molecule has 2 heterocycles. The number of cyclic esters (lactones) is 1. The topological polar surface area (TPSA) is 94.5 Å². The number of carbonyl (C=O) groups is 2. The first kappa shape index (κ1) is 25.3. The standard InChI is InChI=1S/C17H16F2N2O2.C6H8N2.C2H4O/c1-20-9-14-10-21(17(22)23-14)13-5-6-15(16(19)8-13)11-3-2-4-12(18)7-11;7-1-4-5-2-8-3-6(4)5;1-2-3/h2-8,14,20H,9-10H2,1H3;4-6,8H,2-3H2;2H,1H3/t;4?,5-,6+;. The Balaban J connectivity index is 0.000000242. The summed E-state index contributed by atoms with van der Waals surface area (Å²) in [4.78, 5) is 22.1. The van der Waals surface area contributed by atoms with Gasteiger partial charge in [0.15, 0.2) is 0 Å². The lowest BCUT2D eigenvalue weighted by molar-refractivity contribution is -0.106. The van der Waals surface area contributed by atoms with Gasteiger partial charge in [-0.1, -0.05) is 12.1 Å². The molecule has 7 nitrogen and oxygen atoms in total. The Morgan fingerprint density at radius 2 is 1.94 bits per heavy atom. The molecule has 34 heavy (non-hydrogen) atoms. The molecule has 4 atom stereocenters. The third-order valence-electron chi connectivity index (χ3n) is 5.95. The average molecular weight is 471 g/mol. The molecule has 2 aliphatic heterocycles. The van der Waals surface area contributed by atoms with E-state index in [2.05, 4.69) is 16.7 Å². The van der Waals surface area contributed by atoms with E-state index in [1.165, 1.54) is 42.2 Å². The summed E-state index contributed by atoms with van der Waals surface area (Å²) < 4.78 is 32.8. The molecule has 2 aromatic rings. The summed E-state index contributed by atoms with van der Waals surface area (Å²) in [5.41, 5.74) is 1.16. The number of ether oxygens (including phenoxy) is 1. The molecule has 9 heteroatoms. The van der Waals surface area contributed by atoms with Gasteiger partial charge in [-0.25, -0.2) is 13.6 Å². The Labute approximate surface area is 197 Å². The van der Waals surface area contributed by atoms with Crippen LogP contribution in [-0.4, -0.2) is 51.7 Å². The second kappa shape index (κ2) is 11.7. The van der Waals surface area contributed by atoms with E-state index >= 15 is 0 Å². The minimum Gasteiger partial charge on any atom is -0.443 e. The highest BCUT2D eigenvalue weighted by molar-refractivity contribution is 5.90. The van der Waals surface area contributed by atoms with Crippen molar-refractivity contribution in [3.05, 3.63) is 54.1 Å². The average Bonchev–Trinajstić information content (AvgIpc) is 3.09. The minimum atomic E-state index is -0.516. The Bertz CT molecular complexity index is 1050. The molecule has 1 amide bonds. The summed E-state index contributed by atoms with van der Waals surface area (Å²) in [6, 6.07) is 12.5. The van der Waals surface area contributed by atoms with Crippen molar-refractivity contribution in [1.82, 2.24) is 10.6 Å². The van der Waals surface area contributed by atoms with Crippen LogP contribution in [0.3, 0.4) is 0 Å². The Hall–Kier alpha value is -3.35. The van der Waals surface area contributed by atoms with E-state index in [1.807, 2.05) is 0 Å². The number of carbonyl (C=O) groups excluding carboxylic acids is 2. The molecule has 5 rings (SSSR count). The molecular weight excluding hydrogens is 442 g/mol. The maximum Gasteiger partial charge on any atom is 0.414 e. The van der Waals surface area contributed by atoms with Crippen LogP contribution in [0.25, 0.3) is 11.1 Å². The Morgan fingerprint density at radius 1 is 1.24 bits per heavy atom. The number of fused-ring (bicyclic) bond motifs is 1. The van der Waals surface area contributed by atoms with Gasteiger partial charge in [0.1, 0.15) is 24.0 Å². The van der Waals surface area contributed by atoms with Gasteiger partial charge in [-0.2, -0.15) is 5.26 Å². The van der Waals surface area contributed by atoms with E-state index in [-0.39, 0.29) is 11.7 Å². The number of benzene rings is 2. The van der Waals surface area contributed by atoms with E-state index < -0.39 is 17.7 Å². The molecule has 1 aliphatic carbocycles. The molecule has 0 radical (unpaired) electrons. The molecule has 2 saturated heterocycles. The van der Waals surface area contributed by atoms with E-state index in [0.717, 1.165) is 31.2 Å². The van der Waals surface area contributed by atoms with Gasteiger partial charge in [0.05, 0.1) is 24.2 Å². The SMILES string of the molecule is CC=O.CNCC1CN(c2ccc(-c3cccc(F)c3)c(F)c2)C(=O)O1.N#CC1[C@H]2CNC[C@@H]12. The lowest BCUT2D eigenvalue weighted by Gasteiger charge is -2.14. The van der Waals surface area contributed by atoms with Crippen molar-refractivity contribution < 1.29 is 23.1 Å². The van der Waals surface area contributed by atoms with E-state index in [1.54, 1.807) is 19.2 Å². The molecule has 2 unspecified atom stereocenters. The molecule has 2 N–H and O–H groups in total. The fraction of sp³-hybridized carbons (Fsp3) is 0.400. The number of likely N-dealkylation sites (N-methyl/N-ethyl adjacent to an activating group) is 1. The number of anilines is 1. The number of nitriles is 1. The largest absolute Gasteiger partial charge is 0.443 e. The lowest BCUT2D eigenvalue weighted by atomic mass is 10.0. The zero-order chi connectivity index (χ0) is 24.7. The van der Waals surface area contributed by atoms with Gasteiger partial charge >= 0.3 is 6.09 Å². The molecule has 3 fully saturated rings. The highest BCUT2D eigenvalue weighted by atomic mass is 19.1. The van der Waals surface area contributed by atoms with Crippen LogP contribution in [0.4, 0.5) is 19.3 Å². The molecule has 2 aromatic carbocycles. The predicted molar refractivity (Wildman–Crippen MR) is 124 cm³/mol. The first-order valence-corrected chi connectivity index (χ1v) is 11.1. The smallest absolute Gasteiger partial charge is 0.414 e. The van der Waals surface area contributed by atoms with Crippen molar-refractivity contribution in [2.75, 3.05) is 38.1 Å². The number of nitrogens with one attached hydrogen (secondary N) is 2. The van der Waals surface area contributed by atoms with E-state index in [0.29, 0.717) is 30.3 Å². The lowest BCUT2D eigenvalue weighted by Crippen LogP contribution is -2.29. The number of piperidine rings is 1. The van der Waals surface area contributed by atoms with Gasteiger partial charge in [0.2, 0.25) is 0 Å². The summed E-state index contributed by atoms with van der Waals surface area (Å²) in [5, 5.41) is 14.6. The molecule has 0 spiro atoms. The first-order valence-electron chi connectivity index (χ1n) is 11.1. The van der Waals surface area contributed by atoms with Crippen LogP contribution in [0, 0.1) is 40.7 Å². The Morgan fingerprint density at radius 3 is 2.50 bits per heavy atom.